The average Bonchev–Trinajstić information content (AvgIpc) is 2.75. The number of phenolic OH excluding ortho intramolecular Hbond substituents is 1. The zero-order chi connectivity index (χ0) is 23.8. The summed E-state index contributed by atoms with van der Waals surface area (Å²) in [4.78, 5) is 15.1. The van der Waals surface area contributed by atoms with Crippen LogP contribution in [0.3, 0.4) is 0 Å². The highest BCUT2D eigenvalue weighted by molar-refractivity contribution is 6.09. The highest BCUT2D eigenvalue weighted by atomic mass is 16.5. The Morgan fingerprint density at radius 1 is 1.00 bits per heavy atom. The highest BCUT2D eigenvalue weighted by Crippen LogP contribution is 2.37. The molecule has 1 N–H and O–H groups in total. The maximum atomic E-state index is 13.1. The Balaban J connectivity index is 2.48. The first-order chi connectivity index (χ1) is 15.1. The Hall–Kier alpha value is -3.27. The third kappa shape index (κ3) is 6.61. The van der Waals surface area contributed by atoms with Gasteiger partial charge in [-0.2, -0.15) is 0 Å². The molecular weight excluding hydrogens is 398 g/mol. The van der Waals surface area contributed by atoms with Crippen molar-refractivity contribution in [1.29, 1.82) is 0 Å². The summed E-state index contributed by atoms with van der Waals surface area (Å²) in [5.74, 6) is 0.383. The number of allylic oxidation sites excluding steroid dienone is 5. The quantitative estimate of drug-likeness (QED) is 0.283. The monoisotopic (exact) mass is 433 g/mol. The van der Waals surface area contributed by atoms with E-state index in [2.05, 4.69) is 6.08 Å². The second-order valence-electron chi connectivity index (χ2n) is 8.60. The van der Waals surface area contributed by atoms with Gasteiger partial charge in [-0.05, 0) is 75.9 Å². The predicted molar refractivity (Wildman–Crippen MR) is 135 cm³/mol. The molecule has 0 saturated heterocycles. The molecule has 0 amide bonds. The molecule has 0 aliphatic carbocycles. The van der Waals surface area contributed by atoms with Crippen LogP contribution in [0, 0.1) is 0 Å². The van der Waals surface area contributed by atoms with Crippen LogP contribution in [-0.4, -0.2) is 32.1 Å². The van der Waals surface area contributed by atoms with Crippen molar-refractivity contribution < 1.29 is 14.6 Å². The van der Waals surface area contributed by atoms with Gasteiger partial charge in [0.2, 0.25) is 0 Å². The number of nitrogens with zero attached hydrogens (tertiary/aromatic N) is 1. The summed E-state index contributed by atoms with van der Waals surface area (Å²) in [6.07, 6.45) is 8.53. The number of hydrogen-bond donors (Lipinski definition) is 1. The van der Waals surface area contributed by atoms with Crippen LogP contribution in [0.1, 0.15) is 54.7 Å². The fourth-order valence-electron chi connectivity index (χ4n) is 3.32. The molecule has 2 aromatic carbocycles. The van der Waals surface area contributed by atoms with E-state index in [9.17, 15) is 9.90 Å². The first kappa shape index (κ1) is 25.0. The zero-order valence-corrected chi connectivity index (χ0v) is 20.3. The van der Waals surface area contributed by atoms with Crippen molar-refractivity contribution in [3.8, 4) is 11.5 Å². The Morgan fingerprint density at radius 2 is 1.59 bits per heavy atom. The molecule has 0 aromatic heterocycles. The van der Waals surface area contributed by atoms with Gasteiger partial charge in [0.1, 0.15) is 11.5 Å². The van der Waals surface area contributed by atoms with Crippen LogP contribution in [0.25, 0.3) is 6.08 Å². The molecule has 0 unspecified atom stereocenters. The van der Waals surface area contributed by atoms with Gasteiger partial charge in [0, 0.05) is 25.3 Å². The van der Waals surface area contributed by atoms with E-state index in [-0.39, 0.29) is 11.5 Å². The second kappa shape index (κ2) is 11.4. The molecule has 0 heterocycles. The van der Waals surface area contributed by atoms with Gasteiger partial charge in [0.25, 0.3) is 0 Å². The van der Waals surface area contributed by atoms with Crippen LogP contribution in [0.4, 0.5) is 5.69 Å². The third-order valence-corrected chi connectivity index (χ3v) is 5.18. The van der Waals surface area contributed by atoms with Crippen molar-refractivity contribution in [3.05, 3.63) is 82.0 Å². The molecule has 0 fully saturated rings. The van der Waals surface area contributed by atoms with E-state index in [4.69, 9.17) is 4.74 Å². The molecule has 0 spiro atoms. The van der Waals surface area contributed by atoms with E-state index in [0.717, 1.165) is 22.4 Å². The highest BCUT2D eigenvalue weighted by Gasteiger charge is 2.20. The Bertz CT molecular complexity index is 1030. The molecular formula is C28H35NO3. The summed E-state index contributed by atoms with van der Waals surface area (Å²) in [5, 5.41) is 11.0. The second-order valence-corrected chi connectivity index (χ2v) is 8.60. The molecule has 2 aromatic rings. The van der Waals surface area contributed by atoms with E-state index in [1.165, 1.54) is 11.6 Å². The molecule has 0 aliphatic heterocycles. The molecule has 4 heteroatoms. The number of carbonyl (C=O) groups is 1. The Labute approximate surface area is 192 Å². The molecule has 32 heavy (non-hydrogen) atoms. The molecule has 0 saturated carbocycles. The summed E-state index contributed by atoms with van der Waals surface area (Å²) in [7, 11) is 5.58. The van der Waals surface area contributed by atoms with E-state index < -0.39 is 0 Å². The maximum absolute atomic E-state index is 13.1. The van der Waals surface area contributed by atoms with Crippen LogP contribution < -0.4 is 9.64 Å². The van der Waals surface area contributed by atoms with Gasteiger partial charge < -0.3 is 14.7 Å². The number of rotatable bonds is 9. The Morgan fingerprint density at radius 3 is 2.12 bits per heavy atom. The van der Waals surface area contributed by atoms with Gasteiger partial charge in [0.15, 0.2) is 5.78 Å². The normalized spacial score (nSPS) is 10.7. The number of carbonyl (C=O) groups excluding carboxylic acids is 1. The topological polar surface area (TPSA) is 49.8 Å². The largest absolute Gasteiger partial charge is 0.507 e. The first-order valence-corrected chi connectivity index (χ1v) is 10.8. The lowest BCUT2D eigenvalue weighted by Gasteiger charge is -2.17. The van der Waals surface area contributed by atoms with Crippen LogP contribution in [0.2, 0.25) is 0 Å². The van der Waals surface area contributed by atoms with Crippen molar-refractivity contribution in [2.45, 2.75) is 40.5 Å². The molecule has 4 nitrogen and oxygen atoms in total. The minimum absolute atomic E-state index is 0.0158. The molecule has 2 rings (SSSR count). The SMILES string of the molecule is COc1c(CC=C(C)C)cc(C(=O)/C=C/c2ccc(N(C)C)cc2)c(O)c1CC=C(C)C. The lowest BCUT2D eigenvalue weighted by Crippen LogP contribution is -2.07. The lowest BCUT2D eigenvalue weighted by atomic mass is 9.94. The fourth-order valence-corrected chi connectivity index (χ4v) is 3.32. The first-order valence-electron chi connectivity index (χ1n) is 10.8. The van der Waals surface area contributed by atoms with Gasteiger partial charge >= 0.3 is 0 Å². The Kier molecular flexibility index (Phi) is 8.89. The number of hydrogen-bond acceptors (Lipinski definition) is 4. The summed E-state index contributed by atoms with van der Waals surface area (Å²) < 4.78 is 5.66. The summed E-state index contributed by atoms with van der Waals surface area (Å²) in [5.41, 5.74) is 6.15. The number of ether oxygens (including phenoxy) is 1. The van der Waals surface area contributed by atoms with Crippen molar-refractivity contribution in [2.24, 2.45) is 0 Å². The van der Waals surface area contributed by atoms with Crippen molar-refractivity contribution in [2.75, 3.05) is 26.1 Å². The van der Waals surface area contributed by atoms with Gasteiger partial charge in [-0.3, -0.25) is 4.79 Å². The standard InChI is InChI=1S/C28H35NO3/c1-19(2)8-13-22-18-25(27(31)24(28(22)32-7)16-9-20(3)4)26(30)17-12-21-10-14-23(15-11-21)29(5)6/h8-12,14-15,17-18,31H,13,16H2,1-7H3/b17-12+. The maximum Gasteiger partial charge on any atom is 0.189 e. The van der Waals surface area contributed by atoms with Crippen LogP contribution in [0.5, 0.6) is 11.5 Å². The fraction of sp³-hybridized carbons (Fsp3) is 0.321. The number of aromatic hydroxyl groups is 1. The number of anilines is 1. The summed E-state index contributed by atoms with van der Waals surface area (Å²) >= 11 is 0. The predicted octanol–water partition coefficient (Wildman–Crippen LogP) is 6.38. The lowest BCUT2D eigenvalue weighted by molar-refractivity contribution is 0.104. The average molecular weight is 434 g/mol. The van der Waals surface area contributed by atoms with E-state index >= 15 is 0 Å². The van der Waals surface area contributed by atoms with Gasteiger partial charge in [-0.1, -0.05) is 41.5 Å². The van der Waals surface area contributed by atoms with E-state index in [1.54, 1.807) is 19.3 Å². The number of ketones is 1. The van der Waals surface area contributed by atoms with Crippen molar-refractivity contribution >= 4 is 17.5 Å². The molecule has 0 radical (unpaired) electrons. The molecule has 0 atom stereocenters. The van der Waals surface area contributed by atoms with Gasteiger partial charge in [-0.25, -0.2) is 0 Å². The minimum Gasteiger partial charge on any atom is -0.507 e. The van der Waals surface area contributed by atoms with Crippen LogP contribution >= 0.6 is 0 Å². The van der Waals surface area contributed by atoms with Crippen LogP contribution in [-0.2, 0) is 12.8 Å². The summed E-state index contributed by atoms with van der Waals surface area (Å²) in [6.45, 7) is 8.08. The molecule has 0 bridgehead atoms. The number of phenols is 1. The van der Waals surface area contributed by atoms with Gasteiger partial charge in [-0.15, -0.1) is 0 Å². The smallest absolute Gasteiger partial charge is 0.189 e. The molecule has 170 valence electrons. The van der Waals surface area contributed by atoms with Gasteiger partial charge in [0.05, 0.1) is 12.7 Å². The van der Waals surface area contributed by atoms with Crippen molar-refractivity contribution in [1.82, 2.24) is 0 Å². The number of benzene rings is 2. The van der Waals surface area contributed by atoms with E-state index in [1.807, 2.05) is 77.0 Å². The minimum atomic E-state index is -0.237. The number of methoxy groups -OCH3 is 1. The van der Waals surface area contributed by atoms with E-state index in [0.29, 0.717) is 29.7 Å². The third-order valence-electron chi connectivity index (χ3n) is 5.18. The summed E-state index contributed by atoms with van der Waals surface area (Å²) in [6, 6.07) is 9.69. The zero-order valence-electron chi connectivity index (χ0n) is 20.3. The molecule has 0 aliphatic rings. The van der Waals surface area contributed by atoms with Crippen LogP contribution in [0.15, 0.2) is 59.7 Å². The van der Waals surface area contributed by atoms with Crippen molar-refractivity contribution in [3.63, 3.8) is 0 Å².